The van der Waals surface area contributed by atoms with E-state index in [0.29, 0.717) is 23.6 Å². The van der Waals surface area contributed by atoms with E-state index < -0.39 is 18.2 Å². The van der Waals surface area contributed by atoms with E-state index in [0.717, 1.165) is 6.42 Å². The first-order valence-electron chi connectivity index (χ1n) is 7.81. The van der Waals surface area contributed by atoms with Crippen molar-refractivity contribution < 1.29 is 27.8 Å². The highest BCUT2D eigenvalue weighted by Crippen LogP contribution is 2.28. The maximum absolute atomic E-state index is 13.0. The second kappa shape index (κ2) is 7.55. The number of esters is 1. The molecule has 0 bridgehead atoms. The van der Waals surface area contributed by atoms with E-state index in [1.54, 1.807) is 12.1 Å². The number of hydrogen-bond acceptors (Lipinski definition) is 3. The molecule has 24 heavy (non-hydrogen) atoms. The predicted molar refractivity (Wildman–Crippen MR) is 85.0 cm³/mol. The number of aromatic hydroxyl groups is 1. The first kappa shape index (κ1) is 18.1. The van der Waals surface area contributed by atoms with Crippen molar-refractivity contribution in [2.45, 2.75) is 44.9 Å². The summed E-state index contributed by atoms with van der Waals surface area (Å²) in [4.78, 5) is 12.1. The molecule has 0 aliphatic heterocycles. The van der Waals surface area contributed by atoms with E-state index in [2.05, 4.69) is 0 Å². The summed E-state index contributed by atoms with van der Waals surface area (Å²) in [5.74, 6) is -0.922. The van der Waals surface area contributed by atoms with E-state index in [9.17, 15) is 23.1 Å². The monoisotopic (exact) mass is 340 g/mol. The van der Waals surface area contributed by atoms with E-state index in [-0.39, 0.29) is 17.7 Å². The first-order valence-corrected chi connectivity index (χ1v) is 7.81. The summed E-state index contributed by atoms with van der Waals surface area (Å²) in [5.41, 5.74) is 0.0536. The zero-order chi connectivity index (χ0) is 17.7. The van der Waals surface area contributed by atoms with Crippen LogP contribution in [-0.2, 0) is 4.74 Å². The molecule has 0 aliphatic rings. The number of rotatable bonds is 6. The van der Waals surface area contributed by atoms with Crippen molar-refractivity contribution in [1.82, 2.24) is 0 Å². The molecule has 0 saturated heterocycles. The van der Waals surface area contributed by atoms with E-state index in [1.807, 2.05) is 6.92 Å². The zero-order valence-electron chi connectivity index (χ0n) is 13.3. The molecule has 0 radical (unpaired) electrons. The van der Waals surface area contributed by atoms with Gasteiger partial charge in [0.15, 0.2) is 6.10 Å². The van der Waals surface area contributed by atoms with Gasteiger partial charge in [-0.2, -0.15) is 13.2 Å². The van der Waals surface area contributed by atoms with Crippen LogP contribution >= 0.6 is 0 Å². The van der Waals surface area contributed by atoms with Gasteiger partial charge in [-0.3, -0.25) is 0 Å². The molecule has 2 aromatic carbocycles. The van der Waals surface area contributed by atoms with Gasteiger partial charge in [-0.15, -0.1) is 0 Å². The Morgan fingerprint density at radius 3 is 2.46 bits per heavy atom. The zero-order valence-corrected chi connectivity index (χ0v) is 13.3. The van der Waals surface area contributed by atoms with Crippen molar-refractivity contribution >= 4 is 16.7 Å². The van der Waals surface area contributed by atoms with E-state index >= 15 is 0 Å². The molecule has 130 valence electrons. The molecule has 0 aliphatic carbocycles. The van der Waals surface area contributed by atoms with Gasteiger partial charge in [0.1, 0.15) is 5.75 Å². The molecule has 0 aromatic heterocycles. The molecule has 0 fully saturated rings. The molecule has 0 amide bonds. The average molecular weight is 340 g/mol. The Morgan fingerprint density at radius 2 is 1.79 bits per heavy atom. The van der Waals surface area contributed by atoms with Crippen LogP contribution < -0.4 is 0 Å². The van der Waals surface area contributed by atoms with Crippen molar-refractivity contribution in [1.29, 1.82) is 0 Å². The van der Waals surface area contributed by atoms with Crippen LogP contribution in [0.15, 0.2) is 36.4 Å². The highest BCUT2D eigenvalue weighted by molar-refractivity contribution is 5.95. The van der Waals surface area contributed by atoms with Crippen LogP contribution in [0.2, 0.25) is 0 Å². The van der Waals surface area contributed by atoms with E-state index in [1.165, 1.54) is 24.3 Å². The van der Waals surface area contributed by atoms with Crippen LogP contribution in [0.4, 0.5) is 13.2 Å². The number of alkyl halides is 3. The van der Waals surface area contributed by atoms with Crippen molar-refractivity contribution in [3.63, 3.8) is 0 Å². The number of benzene rings is 2. The summed E-state index contributed by atoms with van der Waals surface area (Å²) in [7, 11) is 0. The number of phenols is 1. The lowest BCUT2D eigenvalue weighted by Crippen LogP contribution is -2.33. The number of ether oxygens (including phenoxy) is 1. The lowest BCUT2D eigenvalue weighted by Gasteiger charge is -2.20. The summed E-state index contributed by atoms with van der Waals surface area (Å²) in [6.45, 7) is 1.89. The molecule has 3 nitrogen and oxygen atoms in total. The Morgan fingerprint density at radius 1 is 1.12 bits per heavy atom. The molecule has 0 heterocycles. The van der Waals surface area contributed by atoms with Crippen LogP contribution in [0.3, 0.4) is 0 Å². The SMILES string of the molecule is CCCCC[C@@H](OC(=O)c1ccc2cc(O)ccc2c1)C(F)(F)F. The molecule has 2 aromatic rings. The summed E-state index contributed by atoms with van der Waals surface area (Å²) in [5, 5.41) is 10.7. The smallest absolute Gasteiger partial charge is 0.425 e. The van der Waals surface area contributed by atoms with Crippen molar-refractivity contribution in [2.75, 3.05) is 0 Å². The maximum Gasteiger partial charge on any atom is 0.425 e. The molecule has 0 saturated carbocycles. The number of hydrogen-bond donors (Lipinski definition) is 1. The topological polar surface area (TPSA) is 46.5 Å². The Balaban J connectivity index is 2.15. The maximum atomic E-state index is 13.0. The normalized spacial score (nSPS) is 13.0. The van der Waals surface area contributed by atoms with Crippen molar-refractivity contribution in [3.05, 3.63) is 42.0 Å². The fraction of sp³-hybridized carbons (Fsp3) is 0.389. The summed E-state index contributed by atoms with van der Waals surface area (Å²) < 4.78 is 43.8. The van der Waals surface area contributed by atoms with Gasteiger partial charge in [0.25, 0.3) is 0 Å². The van der Waals surface area contributed by atoms with Gasteiger partial charge in [0, 0.05) is 0 Å². The molecule has 0 spiro atoms. The van der Waals surface area contributed by atoms with E-state index in [4.69, 9.17) is 4.74 Å². The minimum absolute atomic E-state index is 0.0536. The molecule has 0 unspecified atom stereocenters. The third-order valence-electron chi connectivity index (χ3n) is 3.74. The van der Waals surface area contributed by atoms with Gasteiger partial charge < -0.3 is 9.84 Å². The molecule has 1 N–H and O–H groups in total. The highest BCUT2D eigenvalue weighted by Gasteiger charge is 2.42. The quantitative estimate of drug-likeness (QED) is 0.580. The Labute approximate surface area is 138 Å². The molecule has 2 rings (SSSR count). The number of halogens is 3. The highest BCUT2D eigenvalue weighted by atomic mass is 19.4. The molecule has 6 heteroatoms. The van der Waals surface area contributed by atoms with Crippen molar-refractivity contribution in [2.24, 2.45) is 0 Å². The summed E-state index contributed by atoms with van der Waals surface area (Å²) >= 11 is 0. The van der Waals surface area contributed by atoms with Gasteiger partial charge in [-0.1, -0.05) is 31.9 Å². The van der Waals surface area contributed by atoms with Crippen molar-refractivity contribution in [3.8, 4) is 5.75 Å². The first-order chi connectivity index (χ1) is 11.3. The number of unbranched alkanes of at least 4 members (excludes halogenated alkanes) is 2. The summed E-state index contributed by atoms with van der Waals surface area (Å²) in [6.07, 6.45) is -5.10. The van der Waals surface area contributed by atoms with Crippen LogP contribution in [0.5, 0.6) is 5.75 Å². The number of fused-ring (bicyclic) bond motifs is 1. The molecular formula is C18H19F3O3. The Bertz CT molecular complexity index is 710. The number of carbonyl (C=O) groups is 1. The summed E-state index contributed by atoms with van der Waals surface area (Å²) in [6, 6.07) is 8.95. The van der Waals surface area contributed by atoms with Gasteiger partial charge in [-0.25, -0.2) is 4.79 Å². The third kappa shape index (κ3) is 4.63. The fourth-order valence-electron chi connectivity index (χ4n) is 2.43. The minimum atomic E-state index is -4.58. The van der Waals surface area contributed by atoms with Crippen LogP contribution in [-0.4, -0.2) is 23.4 Å². The Hall–Kier alpha value is -2.24. The second-order valence-electron chi connectivity index (χ2n) is 5.68. The van der Waals surface area contributed by atoms with Crippen LogP contribution in [0.25, 0.3) is 10.8 Å². The fourth-order valence-corrected chi connectivity index (χ4v) is 2.43. The average Bonchev–Trinajstić information content (AvgIpc) is 2.52. The molecular weight excluding hydrogens is 321 g/mol. The van der Waals surface area contributed by atoms with Gasteiger partial charge in [0.2, 0.25) is 0 Å². The third-order valence-corrected chi connectivity index (χ3v) is 3.74. The van der Waals surface area contributed by atoms with Gasteiger partial charge in [0.05, 0.1) is 5.56 Å². The number of carbonyl (C=O) groups excluding carboxylic acids is 1. The van der Waals surface area contributed by atoms with Crippen LogP contribution in [0, 0.1) is 0 Å². The minimum Gasteiger partial charge on any atom is -0.508 e. The van der Waals surface area contributed by atoms with Gasteiger partial charge >= 0.3 is 12.1 Å². The lowest BCUT2D eigenvalue weighted by atomic mass is 10.1. The Kier molecular flexibility index (Phi) is 5.70. The largest absolute Gasteiger partial charge is 0.508 e. The van der Waals surface area contributed by atoms with Crippen LogP contribution in [0.1, 0.15) is 43.0 Å². The van der Waals surface area contributed by atoms with Gasteiger partial charge in [-0.05, 0) is 47.9 Å². The predicted octanol–water partition coefficient (Wildman–Crippen LogP) is 5.21. The number of phenolic OH excluding ortho intramolecular Hbond substituents is 1. The second-order valence-corrected chi connectivity index (χ2v) is 5.68. The lowest BCUT2D eigenvalue weighted by molar-refractivity contribution is -0.206. The molecule has 1 atom stereocenters. The standard InChI is InChI=1S/C18H19F3O3/c1-2-3-4-5-16(18(19,20)21)24-17(23)14-7-6-13-11-15(22)9-8-12(13)10-14/h6-11,16,22H,2-5H2,1H3/t16-/m1/s1.